The van der Waals surface area contributed by atoms with E-state index >= 15 is 0 Å². The minimum absolute atomic E-state index is 0.192. The van der Waals surface area contributed by atoms with Gasteiger partial charge in [0, 0.05) is 50.0 Å². The van der Waals surface area contributed by atoms with Crippen molar-refractivity contribution in [3.63, 3.8) is 0 Å². The van der Waals surface area contributed by atoms with Gasteiger partial charge in [-0.25, -0.2) is 18.6 Å². The number of fused-ring (bicyclic) bond motifs is 2. The lowest BCUT2D eigenvalue weighted by atomic mass is 10.0. The maximum atomic E-state index is 11.6. The number of sulfonamides is 1. The number of aryl methyl sites for hydroxylation is 1. The van der Waals surface area contributed by atoms with Crippen molar-refractivity contribution >= 4 is 32.9 Å². The van der Waals surface area contributed by atoms with Crippen LogP contribution in [0, 0.1) is 0 Å². The predicted molar refractivity (Wildman–Crippen MR) is 133 cm³/mol. The number of amides is 1. The van der Waals surface area contributed by atoms with Crippen molar-refractivity contribution in [1.29, 1.82) is 0 Å². The zero-order valence-corrected chi connectivity index (χ0v) is 20.0. The molecular formula is C25H30N4O4S. The second kappa shape index (κ2) is 10.5. The van der Waals surface area contributed by atoms with Gasteiger partial charge in [-0.05, 0) is 53.1 Å². The molecule has 0 fully saturated rings. The van der Waals surface area contributed by atoms with Crippen molar-refractivity contribution in [1.82, 2.24) is 19.7 Å². The Hall–Kier alpha value is -2.98. The molecule has 0 spiro atoms. The number of para-hydroxylation sites is 1. The SMILES string of the molecule is CS(=O)(=O)NCCN(CCn1ccc2ccccc21)C1CCc2cc(C=CC(=O)NO)ccc21. The molecular weight excluding hydrogens is 452 g/mol. The highest BCUT2D eigenvalue weighted by Crippen LogP contribution is 2.36. The van der Waals surface area contributed by atoms with E-state index in [-0.39, 0.29) is 6.04 Å². The average molecular weight is 483 g/mol. The molecule has 1 aliphatic carbocycles. The summed E-state index contributed by atoms with van der Waals surface area (Å²) in [6.07, 6.45) is 8.10. The van der Waals surface area contributed by atoms with E-state index in [9.17, 15) is 13.2 Å². The van der Waals surface area contributed by atoms with Crippen molar-refractivity contribution in [2.75, 3.05) is 25.9 Å². The molecule has 1 atom stereocenters. The van der Waals surface area contributed by atoms with Gasteiger partial charge < -0.3 is 4.57 Å². The summed E-state index contributed by atoms with van der Waals surface area (Å²) >= 11 is 0. The Morgan fingerprint density at radius 3 is 2.82 bits per heavy atom. The molecule has 1 unspecified atom stereocenters. The van der Waals surface area contributed by atoms with E-state index in [0.29, 0.717) is 13.1 Å². The fourth-order valence-electron chi connectivity index (χ4n) is 4.68. The highest BCUT2D eigenvalue weighted by atomic mass is 32.2. The molecule has 2 aromatic carbocycles. The molecule has 8 nitrogen and oxygen atoms in total. The summed E-state index contributed by atoms with van der Waals surface area (Å²) in [5, 5.41) is 9.86. The lowest BCUT2D eigenvalue weighted by Crippen LogP contribution is -2.38. The molecule has 1 heterocycles. The van der Waals surface area contributed by atoms with Crippen LogP contribution in [0.1, 0.15) is 29.2 Å². The van der Waals surface area contributed by atoms with E-state index in [4.69, 9.17) is 5.21 Å². The first-order valence-corrected chi connectivity index (χ1v) is 13.2. The molecule has 1 aliphatic rings. The molecule has 0 bridgehead atoms. The Bertz CT molecular complexity index is 1300. The predicted octanol–water partition coefficient (Wildman–Crippen LogP) is 2.70. The largest absolute Gasteiger partial charge is 0.346 e. The number of hydrogen-bond acceptors (Lipinski definition) is 5. The van der Waals surface area contributed by atoms with Crippen molar-refractivity contribution in [2.24, 2.45) is 0 Å². The Balaban J connectivity index is 1.52. The monoisotopic (exact) mass is 482 g/mol. The zero-order chi connectivity index (χ0) is 24.1. The second-order valence-corrected chi connectivity index (χ2v) is 10.4. The number of nitrogens with one attached hydrogen (secondary N) is 2. The summed E-state index contributed by atoms with van der Waals surface area (Å²) in [5.74, 6) is -0.569. The van der Waals surface area contributed by atoms with E-state index in [0.717, 1.165) is 31.5 Å². The van der Waals surface area contributed by atoms with E-state index < -0.39 is 15.9 Å². The van der Waals surface area contributed by atoms with Crippen LogP contribution in [-0.2, 0) is 27.8 Å². The van der Waals surface area contributed by atoms with Gasteiger partial charge in [-0.15, -0.1) is 0 Å². The van der Waals surface area contributed by atoms with Gasteiger partial charge in [0.25, 0.3) is 5.91 Å². The second-order valence-electron chi connectivity index (χ2n) is 8.59. The Morgan fingerprint density at radius 1 is 1.21 bits per heavy atom. The Labute approximate surface area is 199 Å². The minimum atomic E-state index is -3.25. The molecule has 3 N–H and O–H groups in total. The maximum Gasteiger partial charge on any atom is 0.267 e. The molecule has 0 aliphatic heterocycles. The number of benzene rings is 2. The zero-order valence-electron chi connectivity index (χ0n) is 19.1. The number of carbonyl (C=O) groups is 1. The highest BCUT2D eigenvalue weighted by molar-refractivity contribution is 7.88. The maximum absolute atomic E-state index is 11.6. The standard InChI is InChI=1S/C25H30N4O4S/c1-34(32,33)26-13-15-29(17-16-28-14-12-20-4-2-3-5-23(20)28)24-10-8-21-18-19(6-9-22(21)24)7-11-25(30)27-31/h2-7,9,11-12,14,18,24,26,31H,8,10,13,15-17H2,1H3,(H,27,30). The van der Waals surface area contributed by atoms with Gasteiger partial charge in [0.15, 0.2) is 0 Å². The lowest BCUT2D eigenvalue weighted by molar-refractivity contribution is -0.124. The van der Waals surface area contributed by atoms with Crippen molar-refractivity contribution in [3.05, 3.63) is 77.5 Å². The van der Waals surface area contributed by atoms with Crippen molar-refractivity contribution < 1.29 is 18.4 Å². The molecule has 180 valence electrons. The van der Waals surface area contributed by atoms with Crippen LogP contribution >= 0.6 is 0 Å². The third-order valence-corrected chi connectivity index (χ3v) is 6.99. The molecule has 4 rings (SSSR count). The summed E-state index contributed by atoms with van der Waals surface area (Å²) in [6, 6.07) is 16.7. The number of aromatic nitrogens is 1. The molecule has 3 aromatic rings. The third-order valence-electron chi connectivity index (χ3n) is 6.26. The van der Waals surface area contributed by atoms with Crippen LogP contribution in [0.3, 0.4) is 0 Å². The summed E-state index contributed by atoms with van der Waals surface area (Å²) in [5.41, 5.74) is 6.14. The van der Waals surface area contributed by atoms with Crippen molar-refractivity contribution in [3.8, 4) is 0 Å². The summed E-state index contributed by atoms with van der Waals surface area (Å²) < 4.78 is 28.1. The average Bonchev–Trinajstić information content (AvgIpc) is 3.43. The molecule has 9 heteroatoms. The molecule has 34 heavy (non-hydrogen) atoms. The van der Waals surface area contributed by atoms with Gasteiger partial charge in [-0.1, -0.05) is 36.4 Å². The molecule has 0 saturated carbocycles. The normalized spacial score (nSPS) is 15.9. The van der Waals surface area contributed by atoms with Gasteiger partial charge in [0.05, 0.1) is 6.26 Å². The quantitative estimate of drug-likeness (QED) is 0.234. The van der Waals surface area contributed by atoms with Crippen molar-refractivity contribution in [2.45, 2.75) is 25.4 Å². The summed E-state index contributed by atoms with van der Waals surface area (Å²) in [6.45, 7) is 2.55. The van der Waals surface area contributed by atoms with Gasteiger partial charge >= 0.3 is 0 Å². The van der Waals surface area contributed by atoms with E-state index in [1.54, 1.807) is 11.6 Å². The first kappa shape index (κ1) is 24.2. The smallest absolute Gasteiger partial charge is 0.267 e. The number of rotatable bonds is 10. The number of hydrogen-bond donors (Lipinski definition) is 3. The Kier molecular flexibility index (Phi) is 7.47. The van der Waals surface area contributed by atoms with Crippen LogP contribution in [0.25, 0.3) is 17.0 Å². The Morgan fingerprint density at radius 2 is 2.03 bits per heavy atom. The van der Waals surface area contributed by atoms with E-state index in [1.165, 1.54) is 34.4 Å². The van der Waals surface area contributed by atoms with Gasteiger partial charge in [-0.3, -0.25) is 14.9 Å². The number of nitrogens with zero attached hydrogens (tertiary/aromatic N) is 2. The topological polar surface area (TPSA) is 104 Å². The summed E-state index contributed by atoms with van der Waals surface area (Å²) in [4.78, 5) is 13.6. The van der Waals surface area contributed by atoms with E-state index in [2.05, 4.69) is 50.7 Å². The minimum Gasteiger partial charge on any atom is -0.346 e. The molecule has 0 radical (unpaired) electrons. The van der Waals surface area contributed by atoms with Gasteiger partial charge in [0.1, 0.15) is 0 Å². The highest BCUT2D eigenvalue weighted by Gasteiger charge is 2.28. The fraction of sp³-hybridized carbons (Fsp3) is 0.320. The molecule has 0 saturated heterocycles. The van der Waals surface area contributed by atoms with Gasteiger partial charge in [-0.2, -0.15) is 0 Å². The van der Waals surface area contributed by atoms with E-state index in [1.807, 2.05) is 18.2 Å². The number of carbonyl (C=O) groups excluding carboxylic acids is 1. The third kappa shape index (κ3) is 5.92. The first-order valence-electron chi connectivity index (χ1n) is 11.3. The summed E-state index contributed by atoms with van der Waals surface area (Å²) in [7, 11) is -3.25. The number of hydroxylamine groups is 1. The molecule has 1 amide bonds. The lowest BCUT2D eigenvalue weighted by Gasteiger charge is -2.30. The van der Waals surface area contributed by atoms with Crippen LogP contribution in [-0.4, -0.2) is 54.9 Å². The van der Waals surface area contributed by atoms with Gasteiger partial charge in [0.2, 0.25) is 10.0 Å². The van der Waals surface area contributed by atoms with Crippen LogP contribution in [0.5, 0.6) is 0 Å². The van der Waals surface area contributed by atoms with Crippen LogP contribution in [0.2, 0.25) is 0 Å². The molecule has 1 aromatic heterocycles. The fourth-order valence-corrected chi connectivity index (χ4v) is 5.14. The van der Waals surface area contributed by atoms with Crippen LogP contribution < -0.4 is 10.2 Å². The van der Waals surface area contributed by atoms with Crippen LogP contribution in [0.15, 0.2) is 60.8 Å². The van der Waals surface area contributed by atoms with Crippen LogP contribution in [0.4, 0.5) is 0 Å². The first-order chi connectivity index (χ1) is 16.3.